The first-order valence-corrected chi connectivity index (χ1v) is 20.4. The minimum absolute atomic E-state index is 0.844. The number of nitrogens with zero attached hydrogens (tertiary/aromatic N) is 1. The van der Waals surface area contributed by atoms with Crippen molar-refractivity contribution in [2.45, 2.75) is 0 Å². The molecule has 0 spiro atoms. The number of hydrogen-bond acceptors (Lipinski definition) is 4. The van der Waals surface area contributed by atoms with Gasteiger partial charge in [0.1, 0.15) is 16.7 Å². The van der Waals surface area contributed by atoms with E-state index >= 15 is 0 Å². The van der Waals surface area contributed by atoms with Crippen LogP contribution in [0.4, 0.5) is 17.1 Å². The molecule has 0 N–H and O–H groups in total. The number of fused-ring (bicyclic) bond motifs is 10. The molecule has 9 aromatic carbocycles. The van der Waals surface area contributed by atoms with Gasteiger partial charge < -0.3 is 13.7 Å². The largest absolute Gasteiger partial charge is 0.455 e. The lowest BCUT2D eigenvalue weighted by Gasteiger charge is -2.26. The third kappa shape index (κ3) is 5.12. The Hall–Kier alpha value is -7.40. The molecule has 0 aliphatic rings. The standard InChI is InChI=1S/C54H33NO2S/c1-3-12-34(13-4-1)35-24-28-38(29-25-35)55(47-22-11-21-44-42-19-9-17-40(51(42)56-53(44)47)36-14-5-2-6-15-36)39-30-26-37(27-31-39)41-18-10-20-43-45-32-33-49-50(54(45)57-52(41)43)46-16-7-8-23-48(46)58-49/h1-33H. The first kappa shape index (κ1) is 32.8. The van der Waals surface area contributed by atoms with Gasteiger partial charge >= 0.3 is 0 Å². The fourth-order valence-corrected chi connectivity index (χ4v) is 9.87. The Balaban J connectivity index is 1.02. The van der Waals surface area contributed by atoms with E-state index in [1.165, 1.54) is 31.3 Å². The maximum Gasteiger partial charge on any atom is 0.159 e. The number of thiophene rings is 1. The molecule has 4 heteroatoms. The van der Waals surface area contributed by atoms with Gasteiger partial charge in [0.25, 0.3) is 0 Å². The Morgan fingerprint density at radius 3 is 1.47 bits per heavy atom. The predicted octanol–water partition coefficient (Wildman–Crippen LogP) is 16.3. The molecule has 0 amide bonds. The van der Waals surface area contributed by atoms with Gasteiger partial charge in [0.05, 0.1) is 5.69 Å². The van der Waals surface area contributed by atoms with Crippen LogP contribution in [0.15, 0.2) is 209 Å². The summed E-state index contributed by atoms with van der Waals surface area (Å²) in [6, 6.07) is 71.1. The van der Waals surface area contributed by atoms with E-state index in [0.717, 1.165) is 83.2 Å². The van der Waals surface area contributed by atoms with E-state index < -0.39 is 0 Å². The highest BCUT2D eigenvalue weighted by atomic mass is 32.1. The summed E-state index contributed by atoms with van der Waals surface area (Å²) in [5, 5.41) is 6.88. The Morgan fingerprint density at radius 1 is 0.310 bits per heavy atom. The average Bonchev–Trinajstić information content (AvgIpc) is 3.99. The highest BCUT2D eigenvalue weighted by molar-refractivity contribution is 7.26. The molecular formula is C54H33NO2S. The second-order valence-electron chi connectivity index (χ2n) is 14.8. The van der Waals surface area contributed by atoms with E-state index in [0.29, 0.717) is 0 Å². The summed E-state index contributed by atoms with van der Waals surface area (Å²) in [4.78, 5) is 2.31. The van der Waals surface area contributed by atoms with Crippen molar-refractivity contribution in [1.29, 1.82) is 0 Å². The van der Waals surface area contributed by atoms with Crippen LogP contribution in [0.2, 0.25) is 0 Å². The van der Waals surface area contributed by atoms with E-state index in [-0.39, 0.29) is 0 Å². The van der Waals surface area contributed by atoms with Crippen LogP contribution in [0.1, 0.15) is 0 Å². The molecule has 12 rings (SSSR count). The van der Waals surface area contributed by atoms with Crippen molar-refractivity contribution in [3.63, 3.8) is 0 Å². The highest BCUT2D eigenvalue weighted by Crippen LogP contribution is 2.46. The summed E-state index contributed by atoms with van der Waals surface area (Å²) in [5.74, 6) is 0. The molecule has 58 heavy (non-hydrogen) atoms. The van der Waals surface area contributed by atoms with E-state index in [1.54, 1.807) is 0 Å². The van der Waals surface area contributed by atoms with Crippen LogP contribution in [0.3, 0.4) is 0 Å². The van der Waals surface area contributed by atoms with Crippen molar-refractivity contribution >= 4 is 92.4 Å². The average molecular weight is 760 g/mol. The van der Waals surface area contributed by atoms with E-state index in [4.69, 9.17) is 8.83 Å². The number of rotatable bonds is 6. The van der Waals surface area contributed by atoms with Crippen molar-refractivity contribution in [3.05, 3.63) is 200 Å². The summed E-state index contributed by atoms with van der Waals surface area (Å²) in [6.07, 6.45) is 0. The molecule has 0 bridgehead atoms. The smallest absolute Gasteiger partial charge is 0.159 e. The molecule has 0 radical (unpaired) electrons. The van der Waals surface area contributed by atoms with E-state index in [1.807, 2.05) is 17.4 Å². The zero-order valence-electron chi connectivity index (χ0n) is 31.2. The number of para-hydroxylation sites is 3. The third-order valence-corrected chi connectivity index (χ3v) is 12.6. The molecule has 272 valence electrons. The van der Waals surface area contributed by atoms with Gasteiger partial charge in [-0.25, -0.2) is 0 Å². The zero-order valence-corrected chi connectivity index (χ0v) is 32.0. The molecule has 0 unspecified atom stereocenters. The van der Waals surface area contributed by atoms with Crippen molar-refractivity contribution in [1.82, 2.24) is 0 Å². The maximum absolute atomic E-state index is 6.95. The SMILES string of the molecule is c1ccc(-c2ccc(N(c3ccc(-c4cccc5c4oc4c5ccc5sc6ccccc6c54)cc3)c3cccc4c3oc3c(-c5ccccc5)cccc34)cc2)cc1. The molecule has 0 saturated carbocycles. The summed E-state index contributed by atoms with van der Waals surface area (Å²) in [5.41, 5.74) is 13.3. The maximum atomic E-state index is 6.95. The van der Waals surface area contributed by atoms with Gasteiger partial charge in [-0.2, -0.15) is 0 Å². The van der Waals surface area contributed by atoms with Gasteiger partial charge in [0.15, 0.2) is 5.58 Å². The summed E-state index contributed by atoms with van der Waals surface area (Å²) >= 11 is 1.82. The first-order valence-electron chi connectivity index (χ1n) is 19.6. The predicted molar refractivity (Wildman–Crippen MR) is 245 cm³/mol. The summed E-state index contributed by atoms with van der Waals surface area (Å²) in [6.45, 7) is 0. The first-order chi connectivity index (χ1) is 28.8. The second-order valence-corrected chi connectivity index (χ2v) is 15.9. The van der Waals surface area contributed by atoms with Crippen molar-refractivity contribution < 1.29 is 8.83 Å². The van der Waals surface area contributed by atoms with Crippen molar-refractivity contribution in [2.75, 3.05) is 4.90 Å². The van der Waals surface area contributed by atoms with Crippen LogP contribution in [-0.4, -0.2) is 0 Å². The Morgan fingerprint density at radius 2 is 0.793 bits per heavy atom. The minimum Gasteiger partial charge on any atom is -0.455 e. The highest BCUT2D eigenvalue weighted by Gasteiger charge is 2.22. The monoisotopic (exact) mass is 759 g/mol. The Labute approximate surface area is 338 Å². The topological polar surface area (TPSA) is 29.5 Å². The fraction of sp³-hybridized carbons (Fsp3) is 0. The lowest BCUT2D eigenvalue weighted by atomic mass is 10.0. The summed E-state index contributed by atoms with van der Waals surface area (Å²) < 4.78 is 16.4. The molecule has 3 heterocycles. The number of anilines is 3. The molecule has 12 aromatic rings. The zero-order chi connectivity index (χ0) is 38.2. The van der Waals surface area contributed by atoms with Crippen LogP contribution < -0.4 is 4.90 Å². The molecule has 0 aliphatic carbocycles. The van der Waals surface area contributed by atoms with Crippen LogP contribution in [0, 0.1) is 0 Å². The molecule has 0 atom stereocenters. The molecule has 0 aliphatic heterocycles. The van der Waals surface area contributed by atoms with Gasteiger partial charge in [-0.1, -0.05) is 152 Å². The summed E-state index contributed by atoms with van der Waals surface area (Å²) in [7, 11) is 0. The van der Waals surface area contributed by atoms with Crippen molar-refractivity contribution in [2.24, 2.45) is 0 Å². The fourth-order valence-electron chi connectivity index (χ4n) is 8.77. The van der Waals surface area contributed by atoms with Crippen LogP contribution in [-0.2, 0) is 0 Å². The number of furan rings is 2. The lowest BCUT2D eigenvalue weighted by Crippen LogP contribution is -2.10. The van der Waals surface area contributed by atoms with Crippen molar-refractivity contribution in [3.8, 4) is 33.4 Å². The van der Waals surface area contributed by atoms with Crippen LogP contribution in [0.25, 0.3) is 97.4 Å². The molecule has 3 aromatic heterocycles. The molecular weight excluding hydrogens is 727 g/mol. The van der Waals surface area contributed by atoms with E-state index in [2.05, 4.69) is 199 Å². The molecule has 0 saturated heterocycles. The van der Waals surface area contributed by atoms with Gasteiger partial charge in [0, 0.05) is 64.2 Å². The Kier molecular flexibility index (Phi) is 7.40. The minimum atomic E-state index is 0.844. The lowest BCUT2D eigenvalue weighted by molar-refractivity contribution is 0.670. The van der Waals surface area contributed by atoms with Gasteiger partial charge in [-0.05, 0) is 70.8 Å². The van der Waals surface area contributed by atoms with E-state index in [9.17, 15) is 0 Å². The van der Waals surface area contributed by atoms with Gasteiger partial charge in [-0.3, -0.25) is 0 Å². The van der Waals surface area contributed by atoms with Gasteiger partial charge in [0.2, 0.25) is 0 Å². The second kappa shape index (κ2) is 13.1. The number of hydrogen-bond donors (Lipinski definition) is 0. The number of benzene rings is 9. The molecule has 0 fully saturated rings. The molecule has 3 nitrogen and oxygen atoms in total. The van der Waals surface area contributed by atoms with Gasteiger partial charge in [-0.15, -0.1) is 11.3 Å². The van der Waals surface area contributed by atoms with Crippen LogP contribution in [0.5, 0.6) is 0 Å². The Bertz CT molecular complexity index is 3490. The quantitative estimate of drug-likeness (QED) is 0.169. The van der Waals surface area contributed by atoms with Crippen LogP contribution >= 0.6 is 11.3 Å². The normalized spacial score (nSPS) is 11.8. The third-order valence-electron chi connectivity index (χ3n) is 11.5.